The smallest absolute Gasteiger partial charge is 0.253 e. The van der Waals surface area contributed by atoms with Gasteiger partial charge in [-0.05, 0) is 29.8 Å². The van der Waals surface area contributed by atoms with Crippen LogP contribution < -0.4 is 4.74 Å². The molecule has 24 heavy (non-hydrogen) atoms. The van der Waals surface area contributed by atoms with Crippen molar-refractivity contribution >= 4 is 12.0 Å². The molecule has 0 atom stereocenters. The first kappa shape index (κ1) is 16.2. The van der Waals surface area contributed by atoms with E-state index in [9.17, 15) is 14.3 Å². The topological polar surface area (TPSA) is 49.8 Å². The van der Waals surface area contributed by atoms with Crippen molar-refractivity contribution in [2.45, 2.75) is 6.54 Å². The molecule has 4 nitrogen and oxygen atoms in total. The van der Waals surface area contributed by atoms with Crippen LogP contribution in [-0.2, 0) is 11.3 Å². The summed E-state index contributed by atoms with van der Waals surface area (Å²) in [6.07, 6.45) is 1.65. The first-order valence-electron chi connectivity index (χ1n) is 7.74. The van der Waals surface area contributed by atoms with Crippen LogP contribution in [-0.4, -0.2) is 35.7 Å². The summed E-state index contributed by atoms with van der Waals surface area (Å²) in [6.45, 7) is 0.626. The average Bonchev–Trinajstić information content (AvgIpc) is 2.61. The van der Waals surface area contributed by atoms with Crippen molar-refractivity contribution in [2.75, 3.05) is 19.8 Å². The maximum atomic E-state index is 13.4. The van der Waals surface area contributed by atoms with E-state index in [2.05, 4.69) is 0 Å². The number of rotatable bonds is 5. The maximum absolute atomic E-state index is 13.4. The van der Waals surface area contributed by atoms with E-state index in [1.165, 1.54) is 12.1 Å². The van der Waals surface area contributed by atoms with Gasteiger partial charge in [-0.25, -0.2) is 4.39 Å². The molecule has 5 heteroatoms. The Hall–Kier alpha value is -2.66. The number of hydrogen-bond donors (Lipinski definition) is 1. The molecule has 0 aliphatic carbocycles. The second kappa shape index (κ2) is 7.27. The normalized spacial score (nSPS) is 12.8. The first-order valence-corrected chi connectivity index (χ1v) is 7.74. The van der Waals surface area contributed by atoms with Gasteiger partial charge in [-0.2, -0.15) is 0 Å². The highest BCUT2D eigenvalue weighted by Crippen LogP contribution is 2.27. The molecular weight excluding hydrogens is 309 g/mol. The summed E-state index contributed by atoms with van der Waals surface area (Å²) in [5, 5.41) is 9.26. The number of ether oxygens (including phenoxy) is 1. The molecule has 3 rings (SSSR count). The monoisotopic (exact) mass is 327 g/mol. The molecule has 1 amide bonds. The molecule has 124 valence electrons. The van der Waals surface area contributed by atoms with Gasteiger partial charge in [0.1, 0.15) is 18.2 Å². The highest BCUT2D eigenvalue weighted by Gasteiger charge is 2.22. The highest BCUT2D eigenvalue weighted by atomic mass is 19.1. The van der Waals surface area contributed by atoms with Crippen LogP contribution in [0, 0.1) is 5.82 Å². The number of carbonyl (C=O) groups is 1. The Morgan fingerprint density at radius 2 is 2.00 bits per heavy atom. The number of aliphatic hydroxyl groups excluding tert-OH is 1. The molecule has 2 aromatic carbocycles. The maximum Gasteiger partial charge on any atom is 0.253 e. The fourth-order valence-corrected chi connectivity index (χ4v) is 2.65. The molecule has 1 aliphatic heterocycles. The number of aliphatic hydroxyl groups is 1. The van der Waals surface area contributed by atoms with Crippen LogP contribution in [0.15, 0.2) is 54.1 Å². The number of nitrogens with zero attached hydrogens (tertiary/aromatic N) is 1. The molecule has 0 radical (unpaired) electrons. The number of amides is 1. The van der Waals surface area contributed by atoms with Gasteiger partial charge in [0, 0.05) is 18.7 Å². The van der Waals surface area contributed by atoms with Gasteiger partial charge in [-0.1, -0.05) is 30.3 Å². The van der Waals surface area contributed by atoms with E-state index in [0.717, 1.165) is 5.56 Å². The van der Waals surface area contributed by atoms with E-state index in [4.69, 9.17) is 4.74 Å². The third kappa shape index (κ3) is 3.63. The van der Waals surface area contributed by atoms with Gasteiger partial charge in [0.05, 0.1) is 12.2 Å². The molecule has 0 unspecified atom stereocenters. The molecule has 0 spiro atoms. The third-order valence-corrected chi connectivity index (χ3v) is 3.83. The Morgan fingerprint density at radius 3 is 2.75 bits per heavy atom. The van der Waals surface area contributed by atoms with Gasteiger partial charge in [0.25, 0.3) is 5.91 Å². The second-order valence-electron chi connectivity index (χ2n) is 5.58. The van der Waals surface area contributed by atoms with E-state index < -0.39 is 0 Å². The van der Waals surface area contributed by atoms with Crippen LogP contribution in [0.25, 0.3) is 6.08 Å². The van der Waals surface area contributed by atoms with Gasteiger partial charge < -0.3 is 14.7 Å². The Bertz CT molecular complexity index is 758. The fourth-order valence-electron chi connectivity index (χ4n) is 2.65. The molecule has 0 fully saturated rings. The minimum Gasteiger partial charge on any atom is -0.488 e. The zero-order valence-electron chi connectivity index (χ0n) is 13.1. The average molecular weight is 327 g/mol. The minimum absolute atomic E-state index is 0.127. The third-order valence-electron chi connectivity index (χ3n) is 3.83. The van der Waals surface area contributed by atoms with E-state index >= 15 is 0 Å². The predicted octanol–water partition coefficient (Wildman–Crippen LogP) is 2.62. The lowest BCUT2D eigenvalue weighted by atomic mass is 10.1. The summed E-state index contributed by atoms with van der Waals surface area (Å²) >= 11 is 0. The number of hydrogen-bond acceptors (Lipinski definition) is 3. The van der Waals surface area contributed by atoms with E-state index in [-0.39, 0.29) is 31.5 Å². The summed E-state index contributed by atoms with van der Waals surface area (Å²) in [5.74, 6) is -0.0358. The summed E-state index contributed by atoms with van der Waals surface area (Å²) in [5.41, 5.74) is 1.97. The lowest BCUT2D eigenvalue weighted by Gasteiger charge is -2.25. The van der Waals surface area contributed by atoms with Crippen LogP contribution in [0.1, 0.15) is 11.1 Å². The van der Waals surface area contributed by atoms with Gasteiger partial charge >= 0.3 is 0 Å². The van der Waals surface area contributed by atoms with Crippen LogP contribution >= 0.6 is 0 Å². The van der Waals surface area contributed by atoms with E-state index in [0.29, 0.717) is 23.4 Å². The standard InChI is InChI=1S/C19H18FNO3/c20-17-6-7-18-15(11-17)10-16(13-24-18)19(23)21(8-9-22)12-14-4-2-1-3-5-14/h1-7,10-11,22H,8-9,12-13H2. The van der Waals surface area contributed by atoms with Crippen molar-refractivity contribution in [3.8, 4) is 5.75 Å². The second-order valence-corrected chi connectivity index (χ2v) is 5.58. The number of fused-ring (bicyclic) bond motifs is 1. The molecule has 1 heterocycles. The van der Waals surface area contributed by atoms with Gasteiger partial charge in [-0.15, -0.1) is 0 Å². The first-order chi connectivity index (χ1) is 11.7. The van der Waals surface area contributed by atoms with Crippen LogP contribution in [0.5, 0.6) is 5.75 Å². The zero-order valence-corrected chi connectivity index (χ0v) is 13.1. The number of carbonyl (C=O) groups excluding carboxylic acids is 1. The molecular formula is C19H18FNO3. The zero-order chi connectivity index (χ0) is 16.9. The molecule has 1 N–H and O–H groups in total. The molecule has 2 aromatic rings. The summed E-state index contributed by atoms with van der Waals surface area (Å²) in [7, 11) is 0. The minimum atomic E-state index is -0.376. The van der Waals surface area contributed by atoms with Crippen LogP contribution in [0.4, 0.5) is 4.39 Å². The van der Waals surface area contributed by atoms with Crippen molar-refractivity contribution < 1.29 is 19.0 Å². The SMILES string of the molecule is O=C(C1=Cc2cc(F)ccc2OC1)N(CCO)Cc1ccccc1. The van der Waals surface area contributed by atoms with Crippen molar-refractivity contribution in [2.24, 2.45) is 0 Å². The Kier molecular flexibility index (Phi) is 4.91. The fraction of sp³-hybridized carbons (Fsp3) is 0.211. The van der Waals surface area contributed by atoms with Gasteiger partial charge in [0.15, 0.2) is 0 Å². The largest absolute Gasteiger partial charge is 0.488 e. The summed E-state index contributed by atoms with van der Waals surface area (Å²) in [4.78, 5) is 14.3. The molecule has 0 aromatic heterocycles. The Balaban J connectivity index is 1.82. The van der Waals surface area contributed by atoms with Crippen LogP contribution in [0.3, 0.4) is 0 Å². The molecule has 0 bridgehead atoms. The number of benzene rings is 2. The van der Waals surface area contributed by atoms with E-state index in [1.54, 1.807) is 17.0 Å². The van der Waals surface area contributed by atoms with Crippen molar-refractivity contribution in [3.05, 3.63) is 71.0 Å². The van der Waals surface area contributed by atoms with Crippen molar-refractivity contribution in [1.29, 1.82) is 0 Å². The molecule has 0 saturated heterocycles. The molecule has 1 aliphatic rings. The van der Waals surface area contributed by atoms with Crippen molar-refractivity contribution in [1.82, 2.24) is 4.90 Å². The molecule has 0 saturated carbocycles. The Labute approximate surface area is 139 Å². The highest BCUT2D eigenvalue weighted by molar-refractivity contribution is 5.99. The Morgan fingerprint density at radius 1 is 1.21 bits per heavy atom. The van der Waals surface area contributed by atoms with Crippen LogP contribution in [0.2, 0.25) is 0 Å². The van der Waals surface area contributed by atoms with Gasteiger partial charge in [0.2, 0.25) is 0 Å². The lowest BCUT2D eigenvalue weighted by molar-refractivity contribution is -0.128. The predicted molar refractivity (Wildman–Crippen MR) is 88.8 cm³/mol. The summed E-state index contributed by atoms with van der Waals surface area (Å²) in [6, 6.07) is 13.8. The van der Waals surface area contributed by atoms with Crippen molar-refractivity contribution in [3.63, 3.8) is 0 Å². The lowest BCUT2D eigenvalue weighted by Crippen LogP contribution is -2.36. The van der Waals surface area contributed by atoms with E-state index in [1.807, 2.05) is 30.3 Å². The number of halogens is 1. The quantitative estimate of drug-likeness (QED) is 0.918. The van der Waals surface area contributed by atoms with Gasteiger partial charge in [-0.3, -0.25) is 4.79 Å². The summed E-state index contributed by atoms with van der Waals surface area (Å²) < 4.78 is 18.9.